The highest BCUT2D eigenvalue weighted by Crippen LogP contribution is 2.43. The Kier molecular flexibility index (Phi) is 7.82. The Hall–Kier alpha value is -7.32. The minimum atomic E-state index is 0.645. The smallest absolute Gasteiger partial charge is 0.164 e. The molecule has 0 bridgehead atoms. The summed E-state index contributed by atoms with van der Waals surface area (Å²) in [5.74, 6) is 2.90. The van der Waals surface area contributed by atoms with Crippen LogP contribution in [0.5, 0.6) is 0 Å². The summed E-state index contributed by atoms with van der Waals surface area (Å²) in [6.45, 7) is 0. The van der Waals surface area contributed by atoms with Crippen molar-refractivity contribution in [3.05, 3.63) is 188 Å². The Bertz CT molecular complexity index is 3550. The third-order valence-corrected chi connectivity index (χ3v) is 13.5. The fraction of sp³-hybridized carbons (Fsp3) is 0. The van der Waals surface area contributed by atoms with E-state index in [1.54, 1.807) is 11.3 Å². The average Bonchev–Trinajstić information content (AvgIpc) is 4.01. The van der Waals surface area contributed by atoms with Crippen LogP contribution in [0.15, 0.2) is 188 Å². The molecule has 0 aliphatic carbocycles. The second-order valence-corrected chi connectivity index (χ2v) is 16.8. The molecule has 0 saturated carbocycles. The number of fused-ring (bicyclic) bond motifs is 7. The number of imidazole rings is 1. The van der Waals surface area contributed by atoms with Gasteiger partial charge in [0.15, 0.2) is 17.5 Å². The predicted molar refractivity (Wildman–Crippen MR) is 247 cm³/mol. The van der Waals surface area contributed by atoms with Crippen LogP contribution in [0.2, 0.25) is 0 Å². The lowest BCUT2D eigenvalue weighted by molar-refractivity contribution is 1.08. The van der Waals surface area contributed by atoms with Crippen LogP contribution < -0.4 is 0 Å². The van der Waals surface area contributed by atoms with Gasteiger partial charge in [0.05, 0.1) is 11.0 Å². The van der Waals surface area contributed by atoms with E-state index in [9.17, 15) is 0 Å². The first-order valence-electron chi connectivity index (χ1n) is 19.5. The maximum absolute atomic E-state index is 5.17. The van der Waals surface area contributed by atoms with E-state index in [-0.39, 0.29) is 0 Å². The van der Waals surface area contributed by atoms with Crippen LogP contribution in [0.3, 0.4) is 0 Å². The number of hydrogen-bond donors (Lipinski definition) is 0. The lowest BCUT2D eigenvalue weighted by Crippen LogP contribution is -2.00. The van der Waals surface area contributed by atoms with Crippen LogP contribution in [0, 0.1) is 0 Å². The van der Waals surface area contributed by atoms with E-state index in [0.717, 1.165) is 50.4 Å². The van der Waals surface area contributed by atoms with Gasteiger partial charge in [0.1, 0.15) is 5.82 Å². The third-order valence-electron chi connectivity index (χ3n) is 11.1. The minimum Gasteiger partial charge on any atom is -0.292 e. The summed E-state index contributed by atoms with van der Waals surface area (Å²) in [4.78, 5) is 20.5. The number of benzene rings is 8. The lowest BCUT2D eigenvalue weighted by atomic mass is 10.0. The Morgan fingerprint density at radius 3 is 1.83 bits per heavy atom. The Morgan fingerprint density at radius 1 is 0.373 bits per heavy atom. The van der Waals surface area contributed by atoms with Crippen molar-refractivity contribution < 1.29 is 0 Å². The fourth-order valence-corrected chi connectivity index (χ4v) is 10.7. The summed E-state index contributed by atoms with van der Waals surface area (Å²) in [5.41, 5.74) is 9.49. The molecule has 4 aromatic heterocycles. The summed E-state index contributed by atoms with van der Waals surface area (Å²) >= 11 is 3.63. The lowest BCUT2D eigenvalue weighted by Gasteiger charge is -2.10. The molecule has 7 heteroatoms. The normalized spacial score (nSPS) is 11.7. The molecule has 0 amide bonds. The number of para-hydroxylation sites is 3. The molecule has 0 spiro atoms. The van der Waals surface area contributed by atoms with Crippen molar-refractivity contribution in [2.75, 3.05) is 0 Å². The van der Waals surface area contributed by atoms with Gasteiger partial charge < -0.3 is 0 Å². The van der Waals surface area contributed by atoms with Gasteiger partial charge in [-0.3, -0.25) is 4.57 Å². The molecule has 0 aliphatic heterocycles. The van der Waals surface area contributed by atoms with Gasteiger partial charge in [0, 0.05) is 68.3 Å². The Labute approximate surface area is 347 Å². The van der Waals surface area contributed by atoms with Crippen molar-refractivity contribution >= 4 is 74.1 Å². The molecule has 0 radical (unpaired) electrons. The zero-order valence-corrected chi connectivity index (χ0v) is 33.1. The first kappa shape index (κ1) is 33.8. The van der Waals surface area contributed by atoms with Gasteiger partial charge in [-0.15, -0.1) is 22.7 Å². The van der Waals surface area contributed by atoms with Gasteiger partial charge in [-0.25, -0.2) is 19.9 Å². The number of aromatic nitrogens is 5. The highest BCUT2D eigenvalue weighted by atomic mass is 32.1. The van der Waals surface area contributed by atoms with E-state index in [4.69, 9.17) is 19.9 Å². The highest BCUT2D eigenvalue weighted by molar-refractivity contribution is 7.26. The monoisotopic (exact) mass is 789 g/mol. The molecule has 4 heterocycles. The van der Waals surface area contributed by atoms with Crippen molar-refractivity contribution in [1.82, 2.24) is 24.5 Å². The first-order valence-corrected chi connectivity index (χ1v) is 21.2. The molecule has 0 saturated heterocycles. The van der Waals surface area contributed by atoms with Gasteiger partial charge in [-0.1, -0.05) is 133 Å². The van der Waals surface area contributed by atoms with Crippen LogP contribution in [0.1, 0.15) is 0 Å². The SMILES string of the molecule is c1ccc(-c2nc(-c3ccc(-c4cccc5c4sc4ccc(-c6nc7ccccc7n6-c6ccccc6)cc45)cc3)nc(-c3cccc4sc5ccccc5c34)n2)cc1. The maximum Gasteiger partial charge on any atom is 0.164 e. The van der Waals surface area contributed by atoms with Gasteiger partial charge in [-0.05, 0) is 65.7 Å². The highest BCUT2D eigenvalue weighted by Gasteiger charge is 2.19. The molecule has 0 fully saturated rings. The summed E-state index contributed by atoms with van der Waals surface area (Å²) in [5, 5.41) is 4.86. The summed E-state index contributed by atoms with van der Waals surface area (Å²) in [7, 11) is 0. The number of rotatable bonds is 6. The molecule has 8 aromatic carbocycles. The van der Waals surface area contributed by atoms with Crippen LogP contribution in [-0.2, 0) is 0 Å². The molecule has 0 atom stereocenters. The van der Waals surface area contributed by atoms with Crippen LogP contribution in [0.25, 0.3) is 114 Å². The molecule has 0 N–H and O–H groups in total. The minimum absolute atomic E-state index is 0.645. The van der Waals surface area contributed by atoms with E-state index in [1.165, 1.54) is 45.9 Å². The van der Waals surface area contributed by atoms with Crippen molar-refractivity contribution in [1.29, 1.82) is 0 Å². The molecular formula is C52H31N5S2. The standard InChI is InChI=1S/C52H31N5S2/c1-3-13-33(14-4-1)49-54-50(56-51(55-49)40-20-12-24-46-47(40)39-17-7-10-23-44(39)58-46)34-27-25-32(26-28-34)37-18-11-19-38-41-31-35(29-30-45(41)59-48(37)38)52-53-42-21-8-9-22-43(42)57(52)36-15-5-2-6-16-36/h1-31H. The first-order chi connectivity index (χ1) is 29.2. The molecular weight excluding hydrogens is 759 g/mol. The predicted octanol–water partition coefficient (Wildman–Crippen LogP) is 14.3. The fourth-order valence-electron chi connectivity index (χ4n) is 8.32. The van der Waals surface area contributed by atoms with Crippen LogP contribution >= 0.6 is 22.7 Å². The molecule has 5 nitrogen and oxygen atoms in total. The number of thiophene rings is 2. The van der Waals surface area contributed by atoms with Gasteiger partial charge in [0.2, 0.25) is 0 Å². The van der Waals surface area contributed by atoms with Crippen molar-refractivity contribution in [2.45, 2.75) is 0 Å². The number of hydrogen-bond acceptors (Lipinski definition) is 6. The molecule has 12 aromatic rings. The Morgan fingerprint density at radius 2 is 0.983 bits per heavy atom. The van der Waals surface area contributed by atoms with Crippen LogP contribution in [0.4, 0.5) is 0 Å². The van der Waals surface area contributed by atoms with Gasteiger partial charge in [-0.2, -0.15) is 0 Å². The molecule has 59 heavy (non-hydrogen) atoms. The van der Waals surface area contributed by atoms with E-state index < -0.39 is 0 Å². The van der Waals surface area contributed by atoms with E-state index in [0.29, 0.717) is 17.5 Å². The molecule has 0 unspecified atom stereocenters. The molecule has 276 valence electrons. The summed E-state index contributed by atoms with van der Waals surface area (Å²) in [6.07, 6.45) is 0. The van der Waals surface area contributed by atoms with E-state index in [1.807, 2.05) is 29.5 Å². The molecule has 12 rings (SSSR count). The number of nitrogens with zero attached hydrogens (tertiary/aromatic N) is 5. The second kappa shape index (κ2) is 13.7. The third kappa shape index (κ3) is 5.66. The zero-order valence-electron chi connectivity index (χ0n) is 31.5. The maximum atomic E-state index is 5.17. The van der Waals surface area contributed by atoms with Crippen molar-refractivity contribution in [2.24, 2.45) is 0 Å². The van der Waals surface area contributed by atoms with Crippen molar-refractivity contribution in [3.8, 4) is 62.4 Å². The van der Waals surface area contributed by atoms with Gasteiger partial charge in [0.25, 0.3) is 0 Å². The topological polar surface area (TPSA) is 56.5 Å². The Balaban J connectivity index is 0.955. The van der Waals surface area contributed by atoms with E-state index >= 15 is 0 Å². The molecule has 0 aliphatic rings. The van der Waals surface area contributed by atoms with Crippen molar-refractivity contribution in [3.63, 3.8) is 0 Å². The summed E-state index contributed by atoms with van der Waals surface area (Å²) < 4.78 is 7.24. The largest absolute Gasteiger partial charge is 0.292 e. The quantitative estimate of drug-likeness (QED) is 0.168. The average molecular weight is 790 g/mol. The van der Waals surface area contributed by atoms with Gasteiger partial charge >= 0.3 is 0 Å². The second-order valence-electron chi connectivity index (χ2n) is 14.6. The van der Waals surface area contributed by atoms with E-state index in [2.05, 4.69) is 174 Å². The van der Waals surface area contributed by atoms with Crippen LogP contribution in [-0.4, -0.2) is 24.5 Å². The summed E-state index contributed by atoms with van der Waals surface area (Å²) in [6, 6.07) is 66.1. The zero-order chi connectivity index (χ0) is 38.9.